The number of pyridine rings is 1. The molecule has 1 aliphatic rings. The normalized spacial score (nSPS) is 14.4. The number of carbonyl (C=O) groups excluding carboxylic acids is 1. The summed E-state index contributed by atoms with van der Waals surface area (Å²) in [7, 11) is 0. The predicted molar refractivity (Wildman–Crippen MR) is 144 cm³/mol. The molecule has 0 spiro atoms. The molecule has 0 aliphatic carbocycles. The number of rotatable bonds is 9. The summed E-state index contributed by atoms with van der Waals surface area (Å²) in [4.78, 5) is 30.7. The first-order valence-corrected chi connectivity index (χ1v) is 11.7. The lowest BCUT2D eigenvalue weighted by molar-refractivity contribution is -0.130. The molecule has 8 heteroatoms. The molecule has 1 aliphatic heterocycles. The Morgan fingerprint density at radius 3 is 2.55 bits per heavy atom. The molecule has 1 aromatic heterocycles. The highest BCUT2D eigenvalue weighted by molar-refractivity contribution is 14.0. The summed E-state index contributed by atoms with van der Waals surface area (Å²) < 4.78 is 1.69. The summed E-state index contributed by atoms with van der Waals surface area (Å²) in [6.07, 6.45) is 6.70. The second kappa shape index (κ2) is 14.7. The van der Waals surface area contributed by atoms with Gasteiger partial charge in [0.2, 0.25) is 5.91 Å². The van der Waals surface area contributed by atoms with Gasteiger partial charge in [0.1, 0.15) is 0 Å². The number of hydrogen-bond acceptors (Lipinski definition) is 3. The zero-order valence-corrected chi connectivity index (χ0v) is 21.8. The lowest BCUT2D eigenvalue weighted by Gasteiger charge is -2.20. The number of likely N-dealkylation sites (tertiary alicyclic amines) is 1. The second-order valence-corrected chi connectivity index (χ2v) is 8.15. The van der Waals surface area contributed by atoms with Crippen LogP contribution < -0.4 is 16.2 Å². The van der Waals surface area contributed by atoms with Crippen molar-refractivity contribution in [1.82, 2.24) is 20.1 Å². The maximum Gasteiger partial charge on any atom is 0.250 e. The van der Waals surface area contributed by atoms with Crippen molar-refractivity contribution in [2.45, 2.75) is 52.1 Å². The third-order valence-corrected chi connectivity index (χ3v) is 5.61. The van der Waals surface area contributed by atoms with E-state index in [1.165, 1.54) is 0 Å². The summed E-state index contributed by atoms with van der Waals surface area (Å²) in [5.74, 6) is 1.08. The van der Waals surface area contributed by atoms with E-state index in [0.29, 0.717) is 25.4 Å². The van der Waals surface area contributed by atoms with Crippen molar-refractivity contribution in [1.29, 1.82) is 0 Å². The number of amides is 1. The van der Waals surface area contributed by atoms with Crippen LogP contribution in [-0.4, -0.2) is 47.5 Å². The van der Waals surface area contributed by atoms with Gasteiger partial charge in [0.25, 0.3) is 5.56 Å². The van der Waals surface area contributed by atoms with Gasteiger partial charge in [-0.2, -0.15) is 0 Å². The summed E-state index contributed by atoms with van der Waals surface area (Å²) in [6.45, 7) is 6.45. The van der Waals surface area contributed by atoms with Crippen LogP contribution >= 0.6 is 24.0 Å². The molecular weight excluding hydrogens is 529 g/mol. The van der Waals surface area contributed by atoms with E-state index in [2.05, 4.69) is 27.8 Å². The van der Waals surface area contributed by atoms with Crippen molar-refractivity contribution in [2.24, 2.45) is 4.99 Å². The number of guanidine groups is 1. The first-order chi connectivity index (χ1) is 15.7. The van der Waals surface area contributed by atoms with E-state index in [1.807, 2.05) is 30.0 Å². The van der Waals surface area contributed by atoms with Gasteiger partial charge in [-0.25, -0.2) is 4.99 Å². The number of carbonyl (C=O) groups is 1. The van der Waals surface area contributed by atoms with Crippen LogP contribution in [0.4, 0.5) is 0 Å². The molecule has 1 amide bonds. The molecule has 2 N–H and O–H groups in total. The molecule has 0 atom stereocenters. The van der Waals surface area contributed by atoms with Gasteiger partial charge >= 0.3 is 0 Å². The fraction of sp³-hybridized carbons (Fsp3) is 0.480. The number of aliphatic imine (C=N–C) groups is 1. The monoisotopic (exact) mass is 565 g/mol. The van der Waals surface area contributed by atoms with Gasteiger partial charge < -0.3 is 20.1 Å². The molecule has 2 heterocycles. The minimum absolute atomic E-state index is 0. The molecule has 0 saturated carbocycles. The molecular formula is C25H36IN5O2. The van der Waals surface area contributed by atoms with Gasteiger partial charge in [-0.3, -0.25) is 9.59 Å². The van der Waals surface area contributed by atoms with Crippen molar-refractivity contribution in [3.8, 4) is 0 Å². The zero-order valence-electron chi connectivity index (χ0n) is 19.5. The van der Waals surface area contributed by atoms with E-state index in [-0.39, 0.29) is 29.5 Å². The van der Waals surface area contributed by atoms with Crippen molar-refractivity contribution in [3.63, 3.8) is 0 Å². The quantitative estimate of drug-likeness (QED) is 0.212. The first-order valence-electron chi connectivity index (χ1n) is 11.7. The van der Waals surface area contributed by atoms with Gasteiger partial charge in [-0.15, -0.1) is 24.0 Å². The van der Waals surface area contributed by atoms with Crippen molar-refractivity contribution in [3.05, 3.63) is 70.1 Å². The topological polar surface area (TPSA) is 78.7 Å². The minimum atomic E-state index is 0. The molecule has 33 heavy (non-hydrogen) atoms. The Kier molecular flexibility index (Phi) is 12.0. The largest absolute Gasteiger partial charge is 0.357 e. The van der Waals surface area contributed by atoms with E-state index < -0.39 is 0 Å². The van der Waals surface area contributed by atoms with Gasteiger partial charge in [0, 0.05) is 44.9 Å². The maximum atomic E-state index is 12.1. The number of hydrogen-bond donors (Lipinski definition) is 2. The fourth-order valence-electron chi connectivity index (χ4n) is 3.80. The van der Waals surface area contributed by atoms with E-state index in [1.54, 1.807) is 22.9 Å². The smallest absolute Gasteiger partial charge is 0.250 e. The second-order valence-electron chi connectivity index (χ2n) is 8.15. The fourth-order valence-corrected chi connectivity index (χ4v) is 3.80. The lowest BCUT2D eigenvalue weighted by atomic mass is 10.1. The predicted octanol–water partition coefficient (Wildman–Crippen LogP) is 3.36. The standard InChI is InChI=1S/C25H35N5O2.HI/c1-2-26-25(27-15-8-18-29-16-6-3-4-9-23(29)31)28-19-21-11-13-22(14-12-21)20-30-17-7-5-10-24(30)32;/h5,7,10-14,17H,2-4,6,8-9,15-16,18-20H2,1H3,(H2,26,27,28);1H. The average molecular weight is 566 g/mol. The maximum absolute atomic E-state index is 12.1. The van der Waals surface area contributed by atoms with Crippen LogP contribution in [-0.2, 0) is 17.9 Å². The SMILES string of the molecule is CCNC(=NCc1ccc(Cn2ccccc2=O)cc1)NCCCN1CCCCCC1=O.I. The Bertz CT molecular complexity index is 942. The van der Waals surface area contributed by atoms with Crippen LogP contribution in [0.3, 0.4) is 0 Å². The molecule has 7 nitrogen and oxygen atoms in total. The number of halogens is 1. The Hall–Kier alpha value is -2.36. The van der Waals surface area contributed by atoms with E-state index in [4.69, 9.17) is 0 Å². The summed E-state index contributed by atoms with van der Waals surface area (Å²) >= 11 is 0. The Labute approximate surface area is 213 Å². The summed E-state index contributed by atoms with van der Waals surface area (Å²) in [5.41, 5.74) is 2.20. The molecule has 3 rings (SSSR count). The molecule has 1 aromatic carbocycles. The number of benzene rings is 1. The molecule has 0 radical (unpaired) electrons. The summed E-state index contributed by atoms with van der Waals surface area (Å²) in [6, 6.07) is 13.4. The highest BCUT2D eigenvalue weighted by atomic mass is 127. The minimum Gasteiger partial charge on any atom is -0.357 e. The third-order valence-electron chi connectivity index (χ3n) is 5.61. The van der Waals surface area contributed by atoms with Crippen LogP contribution in [0.5, 0.6) is 0 Å². The van der Waals surface area contributed by atoms with E-state index in [0.717, 1.165) is 68.9 Å². The van der Waals surface area contributed by atoms with E-state index in [9.17, 15) is 9.59 Å². The number of aromatic nitrogens is 1. The lowest BCUT2D eigenvalue weighted by Crippen LogP contribution is -2.39. The zero-order chi connectivity index (χ0) is 22.6. The number of nitrogens with zero attached hydrogens (tertiary/aromatic N) is 3. The highest BCUT2D eigenvalue weighted by Gasteiger charge is 2.15. The molecule has 0 unspecified atom stereocenters. The van der Waals surface area contributed by atoms with Crippen molar-refractivity contribution < 1.29 is 4.79 Å². The Morgan fingerprint density at radius 1 is 1.00 bits per heavy atom. The number of nitrogens with one attached hydrogen (secondary N) is 2. The van der Waals surface area contributed by atoms with Crippen LogP contribution in [0.2, 0.25) is 0 Å². The highest BCUT2D eigenvalue weighted by Crippen LogP contribution is 2.11. The molecule has 180 valence electrons. The third kappa shape index (κ3) is 9.19. The van der Waals surface area contributed by atoms with E-state index >= 15 is 0 Å². The van der Waals surface area contributed by atoms with Gasteiger partial charge in [-0.1, -0.05) is 36.8 Å². The van der Waals surface area contributed by atoms with Crippen molar-refractivity contribution in [2.75, 3.05) is 26.2 Å². The van der Waals surface area contributed by atoms with Crippen molar-refractivity contribution >= 4 is 35.8 Å². The Morgan fingerprint density at radius 2 is 1.79 bits per heavy atom. The van der Waals surface area contributed by atoms with Crippen LogP contribution in [0.1, 0.15) is 50.2 Å². The summed E-state index contributed by atoms with van der Waals surface area (Å²) in [5, 5.41) is 6.65. The van der Waals surface area contributed by atoms with Crippen LogP contribution in [0.25, 0.3) is 0 Å². The van der Waals surface area contributed by atoms with Gasteiger partial charge in [-0.05, 0) is 43.4 Å². The molecule has 1 fully saturated rings. The van der Waals surface area contributed by atoms with Gasteiger partial charge in [0.15, 0.2) is 5.96 Å². The molecule has 0 bridgehead atoms. The average Bonchev–Trinajstić information content (AvgIpc) is 3.01. The first kappa shape index (κ1) is 26.9. The van der Waals surface area contributed by atoms with Crippen LogP contribution in [0.15, 0.2) is 58.4 Å². The molecule has 2 aromatic rings. The Balaban J connectivity index is 0.00000385. The van der Waals surface area contributed by atoms with Crippen LogP contribution in [0, 0.1) is 0 Å². The van der Waals surface area contributed by atoms with Gasteiger partial charge in [0.05, 0.1) is 13.1 Å². The molecule has 1 saturated heterocycles.